The van der Waals surface area contributed by atoms with Crippen LogP contribution in [-0.4, -0.2) is 59.3 Å². The second-order valence-corrected chi connectivity index (χ2v) is 9.12. The SMILES string of the molecule is O=C(COC(=O)c1cc(S(=O)(=O)N2CCCC2)ccc1O)Nc1ncc([N+](=O)[O-])s1. The molecule has 1 amide bonds. The van der Waals surface area contributed by atoms with Gasteiger partial charge in [-0.15, -0.1) is 0 Å². The summed E-state index contributed by atoms with van der Waals surface area (Å²) in [5.74, 6) is -2.42. The predicted octanol–water partition coefficient (Wildman–Crippen LogP) is 1.34. The molecule has 1 aliphatic rings. The van der Waals surface area contributed by atoms with Crippen LogP contribution in [0.1, 0.15) is 23.2 Å². The molecule has 0 radical (unpaired) electrons. The maximum Gasteiger partial charge on any atom is 0.345 e. The third-order valence-corrected chi connectivity index (χ3v) is 6.90. The van der Waals surface area contributed by atoms with Gasteiger partial charge in [0.1, 0.15) is 17.5 Å². The first-order valence-electron chi connectivity index (χ1n) is 8.59. The van der Waals surface area contributed by atoms with Crippen molar-refractivity contribution in [2.75, 3.05) is 25.0 Å². The van der Waals surface area contributed by atoms with Gasteiger partial charge in [-0.1, -0.05) is 0 Å². The fourth-order valence-electron chi connectivity index (χ4n) is 2.69. The van der Waals surface area contributed by atoms with Gasteiger partial charge in [-0.05, 0) is 42.4 Å². The minimum Gasteiger partial charge on any atom is -0.507 e. The van der Waals surface area contributed by atoms with Crippen molar-refractivity contribution in [2.24, 2.45) is 0 Å². The lowest BCUT2D eigenvalue weighted by Crippen LogP contribution is -2.28. The second-order valence-electron chi connectivity index (χ2n) is 6.18. The molecule has 14 heteroatoms. The molecule has 2 aromatic rings. The summed E-state index contributed by atoms with van der Waals surface area (Å²) in [5, 5.41) is 22.4. The van der Waals surface area contributed by atoms with Gasteiger partial charge >= 0.3 is 11.0 Å². The molecule has 1 aliphatic heterocycles. The summed E-state index contributed by atoms with van der Waals surface area (Å²) in [6.07, 6.45) is 2.45. The van der Waals surface area contributed by atoms with E-state index in [1.807, 2.05) is 0 Å². The monoisotopic (exact) mass is 456 g/mol. The Morgan fingerprint density at radius 3 is 2.67 bits per heavy atom. The number of aromatic nitrogens is 1. The number of anilines is 1. The molecule has 160 valence electrons. The molecule has 0 aliphatic carbocycles. The minimum absolute atomic E-state index is 0.0516. The van der Waals surface area contributed by atoms with Crippen LogP contribution in [0.3, 0.4) is 0 Å². The Bertz CT molecular complexity index is 1090. The van der Waals surface area contributed by atoms with Crippen molar-refractivity contribution in [1.82, 2.24) is 9.29 Å². The highest BCUT2D eigenvalue weighted by molar-refractivity contribution is 7.89. The number of rotatable bonds is 7. The van der Waals surface area contributed by atoms with Gasteiger partial charge in [-0.25, -0.2) is 18.2 Å². The van der Waals surface area contributed by atoms with E-state index in [4.69, 9.17) is 4.74 Å². The molecule has 1 fully saturated rings. The summed E-state index contributed by atoms with van der Waals surface area (Å²) >= 11 is 0.625. The van der Waals surface area contributed by atoms with E-state index in [1.165, 1.54) is 10.4 Å². The van der Waals surface area contributed by atoms with Gasteiger partial charge in [0.05, 0.1) is 9.82 Å². The van der Waals surface area contributed by atoms with Crippen LogP contribution in [0.15, 0.2) is 29.3 Å². The molecule has 2 N–H and O–H groups in total. The van der Waals surface area contributed by atoms with Gasteiger partial charge in [0, 0.05) is 13.1 Å². The zero-order valence-electron chi connectivity index (χ0n) is 15.3. The normalized spacial score (nSPS) is 14.4. The van der Waals surface area contributed by atoms with Crippen LogP contribution in [-0.2, 0) is 19.6 Å². The fourth-order valence-corrected chi connectivity index (χ4v) is 4.88. The van der Waals surface area contributed by atoms with Gasteiger partial charge < -0.3 is 9.84 Å². The molecule has 1 aromatic heterocycles. The summed E-state index contributed by atoms with van der Waals surface area (Å²) in [6, 6.07) is 3.24. The van der Waals surface area contributed by atoms with Crippen LogP contribution >= 0.6 is 11.3 Å². The number of carbonyl (C=O) groups is 2. The van der Waals surface area contributed by atoms with Crippen molar-refractivity contribution >= 4 is 43.4 Å². The number of nitro groups is 1. The van der Waals surface area contributed by atoms with E-state index in [1.54, 1.807) is 0 Å². The lowest BCUT2D eigenvalue weighted by Gasteiger charge is -2.16. The Hall–Kier alpha value is -3.10. The first-order chi connectivity index (χ1) is 14.2. The zero-order valence-corrected chi connectivity index (χ0v) is 16.9. The number of nitrogens with zero attached hydrogens (tertiary/aromatic N) is 3. The molecule has 0 bridgehead atoms. The first-order valence-corrected chi connectivity index (χ1v) is 10.8. The highest BCUT2D eigenvalue weighted by atomic mass is 32.2. The van der Waals surface area contributed by atoms with Crippen LogP contribution in [0.25, 0.3) is 0 Å². The number of sulfonamides is 1. The molecule has 12 nitrogen and oxygen atoms in total. The van der Waals surface area contributed by atoms with Crippen LogP contribution in [0.4, 0.5) is 10.1 Å². The number of nitrogens with one attached hydrogen (secondary N) is 1. The van der Waals surface area contributed by atoms with Gasteiger partial charge in [-0.3, -0.25) is 20.2 Å². The first kappa shape index (κ1) is 21.6. The van der Waals surface area contributed by atoms with E-state index < -0.39 is 44.7 Å². The Balaban J connectivity index is 1.66. The third-order valence-electron chi connectivity index (χ3n) is 4.14. The molecule has 1 saturated heterocycles. The lowest BCUT2D eigenvalue weighted by molar-refractivity contribution is -0.380. The number of aromatic hydroxyl groups is 1. The maximum absolute atomic E-state index is 12.6. The van der Waals surface area contributed by atoms with Gasteiger partial charge in [-0.2, -0.15) is 4.31 Å². The third kappa shape index (κ3) is 4.72. The zero-order chi connectivity index (χ0) is 21.9. The van der Waals surface area contributed by atoms with Crippen molar-refractivity contribution in [3.05, 3.63) is 40.1 Å². The highest BCUT2D eigenvalue weighted by Crippen LogP contribution is 2.27. The predicted molar refractivity (Wildman–Crippen MR) is 104 cm³/mol. The molecule has 1 aromatic carbocycles. The Morgan fingerprint density at radius 1 is 1.33 bits per heavy atom. The molecule has 0 spiro atoms. The van der Waals surface area contributed by atoms with Crippen LogP contribution in [0.5, 0.6) is 5.75 Å². The number of hydrogen-bond donors (Lipinski definition) is 2. The van der Waals surface area contributed by atoms with Gasteiger partial charge in [0.15, 0.2) is 11.7 Å². The second kappa shape index (κ2) is 8.73. The molecule has 2 heterocycles. The number of carbonyl (C=O) groups excluding carboxylic acids is 2. The average Bonchev–Trinajstić information content (AvgIpc) is 3.39. The van der Waals surface area contributed by atoms with Crippen molar-refractivity contribution in [1.29, 1.82) is 0 Å². The standard InChI is InChI=1S/C16H16N4O8S2/c21-12-4-3-10(30(26,27)19-5-1-2-6-19)7-11(12)15(23)28-9-13(22)18-16-17-8-14(29-16)20(24)25/h3-4,7-8,21H,1-2,5-6,9H2,(H,17,18,22). The number of phenolic OH excluding ortho intramolecular Hbond substituents is 1. The van der Waals surface area contributed by atoms with Crippen molar-refractivity contribution < 1.29 is 32.8 Å². The topological polar surface area (TPSA) is 169 Å². The van der Waals surface area contributed by atoms with Crippen LogP contribution in [0.2, 0.25) is 0 Å². The average molecular weight is 456 g/mol. The smallest absolute Gasteiger partial charge is 0.345 e. The number of hydrogen-bond acceptors (Lipinski definition) is 10. The summed E-state index contributed by atoms with van der Waals surface area (Å²) in [7, 11) is -3.81. The number of thiazole rings is 1. The molecule has 30 heavy (non-hydrogen) atoms. The summed E-state index contributed by atoms with van der Waals surface area (Å²) < 4.78 is 31.3. The lowest BCUT2D eigenvalue weighted by atomic mass is 10.2. The molecular formula is C16H16N4O8S2. The number of benzene rings is 1. The van der Waals surface area contributed by atoms with E-state index in [0.29, 0.717) is 24.4 Å². The number of ether oxygens (including phenoxy) is 1. The maximum atomic E-state index is 12.6. The summed E-state index contributed by atoms with van der Waals surface area (Å²) in [4.78, 5) is 37.5. The van der Waals surface area contributed by atoms with Gasteiger partial charge in [0.25, 0.3) is 5.91 Å². The number of amides is 1. The quantitative estimate of drug-likeness (QED) is 0.354. The summed E-state index contributed by atoms with van der Waals surface area (Å²) in [6.45, 7) is -0.0229. The Labute approximate surface area is 174 Å². The van der Waals surface area contributed by atoms with E-state index in [9.17, 15) is 33.2 Å². The van der Waals surface area contributed by atoms with E-state index in [0.717, 1.165) is 31.2 Å². The highest BCUT2D eigenvalue weighted by Gasteiger charge is 2.29. The van der Waals surface area contributed by atoms with E-state index in [2.05, 4.69) is 10.3 Å². The minimum atomic E-state index is -3.81. The van der Waals surface area contributed by atoms with Crippen molar-refractivity contribution in [3.63, 3.8) is 0 Å². The molecular weight excluding hydrogens is 440 g/mol. The van der Waals surface area contributed by atoms with Crippen molar-refractivity contribution in [3.8, 4) is 5.75 Å². The molecule has 3 rings (SSSR count). The van der Waals surface area contributed by atoms with Crippen LogP contribution < -0.4 is 5.32 Å². The van der Waals surface area contributed by atoms with E-state index >= 15 is 0 Å². The fraction of sp³-hybridized carbons (Fsp3) is 0.312. The molecule has 0 saturated carbocycles. The van der Waals surface area contributed by atoms with E-state index in [-0.39, 0.29) is 15.0 Å². The van der Waals surface area contributed by atoms with Gasteiger partial charge in [0.2, 0.25) is 10.0 Å². The Kier molecular flexibility index (Phi) is 6.28. The Morgan fingerprint density at radius 2 is 2.03 bits per heavy atom. The van der Waals surface area contributed by atoms with Crippen molar-refractivity contribution in [2.45, 2.75) is 17.7 Å². The number of phenols is 1. The molecule has 0 unspecified atom stereocenters. The summed E-state index contributed by atoms with van der Waals surface area (Å²) in [5.41, 5.74) is -0.409. The van der Waals surface area contributed by atoms with Crippen LogP contribution in [0, 0.1) is 10.1 Å². The largest absolute Gasteiger partial charge is 0.507 e. The number of esters is 1. The molecule has 0 atom stereocenters.